The van der Waals surface area contributed by atoms with Crippen LogP contribution < -0.4 is 10.6 Å². The van der Waals surface area contributed by atoms with Crippen LogP contribution in [0.1, 0.15) is 33.1 Å². The van der Waals surface area contributed by atoms with Gasteiger partial charge >= 0.3 is 0 Å². The van der Waals surface area contributed by atoms with Crippen LogP contribution >= 0.6 is 0 Å². The Labute approximate surface area is 110 Å². The van der Waals surface area contributed by atoms with Crippen molar-refractivity contribution < 1.29 is 9.47 Å². The molecule has 0 amide bonds. The Morgan fingerprint density at radius 3 is 2.94 bits per heavy atom. The van der Waals surface area contributed by atoms with Gasteiger partial charge in [0.1, 0.15) is 0 Å². The van der Waals surface area contributed by atoms with Gasteiger partial charge in [0, 0.05) is 32.8 Å². The molecule has 18 heavy (non-hydrogen) atoms. The van der Waals surface area contributed by atoms with E-state index in [1.165, 1.54) is 6.42 Å². The lowest BCUT2D eigenvalue weighted by atomic mass is 10.2. The zero-order valence-electron chi connectivity index (χ0n) is 11.9. The summed E-state index contributed by atoms with van der Waals surface area (Å²) in [6.07, 6.45) is 3.62. The molecule has 2 N–H and O–H groups in total. The monoisotopic (exact) mass is 257 g/mol. The minimum atomic E-state index is 0.327. The standard InChI is InChI=1S/C13H27N3O2/c1-11(2)16-13(14-3)15-7-5-8-17-10-12-6-4-9-18-12/h11-12H,4-10H2,1-3H3,(H2,14,15,16). The van der Waals surface area contributed by atoms with Gasteiger partial charge in [0.2, 0.25) is 0 Å². The van der Waals surface area contributed by atoms with Crippen molar-refractivity contribution in [1.82, 2.24) is 10.6 Å². The Hall–Kier alpha value is -0.810. The van der Waals surface area contributed by atoms with Gasteiger partial charge in [0.25, 0.3) is 0 Å². The fraction of sp³-hybridized carbons (Fsp3) is 0.923. The maximum atomic E-state index is 5.59. The van der Waals surface area contributed by atoms with Crippen LogP contribution in [0.2, 0.25) is 0 Å². The third-order valence-electron chi connectivity index (χ3n) is 2.73. The van der Waals surface area contributed by atoms with Gasteiger partial charge < -0.3 is 20.1 Å². The number of aliphatic imine (C=N–C) groups is 1. The molecule has 0 aromatic heterocycles. The van der Waals surface area contributed by atoms with Crippen molar-refractivity contribution in [3.63, 3.8) is 0 Å². The van der Waals surface area contributed by atoms with Crippen LogP contribution in [-0.2, 0) is 9.47 Å². The first-order chi connectivity index (χ1) is 8.72. The molecule has 0 aromatic rings. The summed E-state index contributed by atoms with van der Waals surface area (Å²) in [5.74, 6) is 0.851. The largest absolute Gasteiger partial charge is 0.379 e. The number of hydrogen-bond acceptors (Lipinski definition) is 3. The van der Waals surface area contributed by atoms with E-state index in [4.69, 9.17) is 9.47 Å². The summed E-state index contributed by atoms with van der Waals surface area (Å²) in [6.45, 7) is 7.46. The molecule has 1 atom stereocenters. The quantitative estimate of drug-likeness (QED) is 0.408. The van der Waals surface area contributed by atoms with E-state index in [1.54, 1.807) is 7.05 Å². The number of ether oxygens (including phenoxy) is 2. The highest BCUT2D eigenvalue weighted by Crippen LogP contribution is 2.11. The lowest BCUT2D eigenvalue weighted by Crippen LogP contribution is -2.41. The number of nitrogens with zero attached hydrogens (tertiary/aromatic N) is 1. The third kappa shape index (κ3) is 6.81. The number of guanidine groups is 1. The molecule has 0 spiro atoms. The second-order valence-electron chi connectivity index (χ2n) is 4.86. The van der Waals surface area contributed by atoms with Gasteiger partial charge in [-0.15, -0.1) is 0 Å². The Kier molecular flexibility index (Phi) is 7.76. The third-order valence-corrected chi connectivity index (χ3v) is 2.73. The van der Waals surface area contributed by atoms with E-state index >= 15 is 0 Å². The summed E-state index contributed by atoms with van der Waals surface area (Å²) in [6, 6.07) is 0.395. The Balaban J connectivity index is 1.93. The molecule has 5 heteroatoms. The van der Waals surface area contributed by atoms with Gasteiger partial charge in [-0.3, -0.25) is 4.99 Å². The van der Waals surface area contributed by atoms with Crippen LogP contribution in [0, 0.1) is 0 Å². The minimum Gasteiger partial charge on any atom is -0.379 e. The average Bonchev–Trinajstić information content (AvgIpc) is 2.84. The predicted octanol–water partition coefficient (Wildman–Crippen LogP) is 1.15. The van der Waals surface area contributed by atoms with Crippen molar-refractivity contribution in [2.45, 2.75) is 45.3 Å². The molecule has 106 valence electrons. The average molecular weight is 257 g/mol. The lowest BCUT2D eigenvalue weighted by molar-refractivity contribution is 0.0168. The summed E-state index contributed by atoms with van der Waals surface area (Å²) in [5, 5.41) is 6.50. The van der Waals surface area contributed by atoms with Crippen LogP contribution in [0.25, 0.3) is 0 Å². The normalized spacial score (nSPS) is 20.4. The van der Waals surface area contributed by atoms with Crippen molar-refractivity contribution in [2.75, 3.05) is 33.4 Å². The first kappa shape index (κ1) is 15.2. The number of hydrogen-bond donors (Lipinski definition) is 2. The zero-order chi connectivity index (χ0) is 13.2. The molecule has 1 heterocycles. The Morgan fingerprint density at radius 2 is 2.33 bits per heavy atom. The van der Waals surface area contributed by atoms with Crippen molar-refractivity contribution >= 4 is 5.96 Å². The summed E-state index contributed by atoms with van der Waals surface area (Å²) >= 11 is 0. The summed E-state index contributed by atoms with van der Waals surface area (Å²) in [5.41, 5.74) is 0. The molecule has 0 aromatic carbocycles. The summed E-state index contributed by atoms with van der Waals surface area (Å²) in [4.78, 5) is 4.14. The highest BCUT2D eigenvalue weighted by Gasteiger charge is 2.14. The zero-order valence-corrected chi connectivity index (χ0v) is 11.9. The van der Waals surface area contributed by atoms with Crippen LogP contribution in [0.5, 0.6) is 0 Å². The van der Waals surface area contributed by atoms with E-state index in [0.717, 1.165) is 45.2 Å². The first-order valence-corrected chi connectivity index (χ1v) is 6.89. The second kappa shape index (κ2) is 9.16. The molecule has 0 bridgehead atoms. The fourth-order valence-corrected chi connectivity index (χ4v) is 1.84. The van der Waals surface area contributed by atoms with Crippen LogP contribution in [-0.4, -0.2) is 51.5 Å². The number of rotatable bonds is 7. The molecule has 5 nitrogen and oxygen atoms in total. The highest BCUT2D eigenvalue weighted by atomic mass is 16.5. The maximum Gasteiger partial charge on any atom is 0.191 e. The molecule has 0 radical (unpaired) electrons. The van der Waals surface area contributed by atoms with E-state index in [1.807, 2.05) is 0 Å². The smallest absolute Gasteiger partial charge is 0.191 e. The second-order valence-corrected chi connectivity index (χ2v) is 4.86. The van der Waals surface area contributed by atoms with E-state index in [0.29, 0.717) is 12.1 Å². The van der Waals surface area contributed by atoms with Crippen LogP contribution in [0.3, 0.4) is 0 Å². The molecule has 1 fully saturated rings. The van der Waals surface area contributed by atoms with Gasteiger partial charge in [0.05, 0.1) is 12.7 Å². The predicted molar refractivity (Wildman–Crippen MR) is 74.0 cm³/mol. The van der Waals surface area contributed by atoms with Crippen molar-refractivity contribution in [3.05, 3.63) is 0 Å². The van der Waals surface area contributed by atoms with Crippen molar-refractivity contribution in [2.24, 2.45) is 4.99 Å². The van der Waals surface area contributed by atoms with Crippen LogP contribution in [0.15, 0.2) is 4.99 Å². The molecule has 0 aliphatic carbocycles. The number of nitrogens with one attached hydrogen (secondary N) is 2. The molecule has 1 saturated heterocycles. The SMILES string of the molecule is CN=C(NCCCOCC1CCCO1)NC(C)C. The molecule has 1 aliphatic rings. The topological polar surface area (TPSA) is 54.9 Å². The molecular weight excluding hydrogens is 230 g/mol. The molecule has 1 aliphatic heterocycles. The van der Waals surface area contributed by atoms with Gasteiger partial charge in [0.15, 0.2) is 5.96 Å². The molecule has 0 saturated carbocycles. The summed E-state index contributed by atoms with van der Waals surface area (Å²) in [7, 11) is 1.78. The summed E-state index contributed by atoms with van der Waals surface area (Å²) < 4.78 is 11.1. The molecule has 1 unspecified atom stereocenters. The molecular formula is C13H27N3O2. The van der Waals surface area contributed by atoms with E-state index in [-0.39, 0.29) is 0 Å². The molecule has 1 rings (SSSR count). The van der Waals surface area contributed by atoms with Gasteiger partial charge in [-0.1, -0.05) is 0 Å². The van der Waals surface area contributed by atoms with Crippen LogP contribution in [0.4, 0.5) is 0 Å². The highest BCUT2D eigenvalue weighted by molar-refractivity contribution is 5.79. The maximum absolute atomic E-state index is 5.59. The first-order valence-electron chi connectivity index (χ1n) is 6.89. The minimum absolute atomic E-state index is 0.327. The van der Waals surface area contributed by atoms with Crippen molar-refractivity contribution in [1.29, 1.82) is 0 Å². The van der Waals surface area contributed by atoms with Crippen molar-refractivity contribution in [3.8, 4) is 0 Å². The van der Waals surface area contributed by atoms with E-state index in [2.05, 4.69) is 29.5 Å². The van der Waals surface area contributed by atoms with E-state index in [9.17, 15) is 0 Å². The Morgan fingerprint density at radius 1 is 1.50 bits per heavy atom. The Bertz CT molecular complexity index is 238. The van der Waals surface area contributed by atoms with Gasteiger partial charge in [-0.25, -0.2) is 0 Å². The van der Waals surface area contributed by atoms with E-state index < -0.39 is 0 Å². The van der Waals surface area contributed by atoms with Gasteiger partial charge in [-0.05, 0) is 33.1 Å². The lowest BCUT2D eigenvalue weighted by Gasteiger charge is -2.14. The van der Waals surface area contributed by atoms with Gasteiger partial charge in [-0.2, -0.15) is 0 Å². The fourth-order valence-electron chi connectivity index (χ4n) is 1.84.